The summed E-state index contributed by atoms with van der Waals surface area (Å²) in [6, 6.07) is 13.8. The predicted octanol–water partition coefficient (Wildman–Crippen LogP) is 4.62. The van der Waals surface area contributed by atoms with E-state index in [0.29, 0.717) is 11.5 Å². The van der Waals surface area contributed by atoms with Gasteiger partial charge in [-0.1, -0.05) is 24.3 Å². The molecule has 2 aromatic rings. The van der Waals surface area contributed by atoms with Crippen LogP contribution in [0.4, 0.5) is 0 Å². The fourth-order valence-corrected chi connectivity index (χ4v) is 3.87. The SMILES string of the molecule is Cc1ccc(C)c(Oc2ccc(C3NC(=S)NC4=C3C(=O)CCC4)cc2)c1. The number of nitrogens with one attached hydrogen (secondary N) is 2. The summed E-state index contributed by atoms with van der Waals surface area (Å²) < 4.78 is 6.04. The fourth-order valence-electron chi connectivity index (χ4n) is 3.63. The van der Waals surface area contributed by atoms with Crippen molar-refractivity contribution < 1.29 is 9.53 Å². The zero-order valence-corrected chi connectivity index (χ0v) is 16.3. The Morgan fingerprint density at radius 1 is 1.07 bits per heavy atom. The maximum Gasteiger partial charge on any atom is 0.171 e. The van der Waals surface area contributed by atoms with Crippen molar-refractivity contribution in [2.75, 3.05) is 0 Å². The van der Waals surface area contributed by atoms with E-state index in [2.05, 4.69) is 22.8 Å². The number of rotatable bonds is 3. The van der Waals surface area contributed by atoms with Gasteiger partial charge >= 0.3 is 0 Å². The van der Waals surface area contributed by atoms with Gasteiger partial charge in [0.2, 0.25) is 0 Å². The Morgan fingerprint density at radius 2 is 1.85 bits per heavy atom. The maximum atomic E-state index is 12.5. The van der Waals surface area contributed by atoms with E-state index in [9.17, 15) is 4.79 Å². The summed E-state index contributed by atoms with van der Waals surface area (Å²) in [6.45, 7) is 4.08. The van der Waals surface area contributed by atoms with Crippen LogP contribution in [0.3, 0.4) is 0 Å². The number of hydrogen-bond acceptors (Lipinski definition) is 3. The van der Waals surface area contributed by atoms with Crippen molar-refractivity contribution in [3.8, 4) is 11.5 Å². The molecule has 1 unspecified atom stereocenters. The number of benzene rings is 2. The predicted molar refractivity (Wildman–Crippen MR) is 110 cm³/mol. The molecule has 27 heavy (non-hydrogen) atoms. The second-order valence-corrected chi connectivity index (χ2v) is 7.55. The van der Waals surface area contributed by atoms with E-state index in [0.717, 1.165) is 52.3 Å². The second kappa shape index (κ2) is 7.16. The lowest BCUT2D eigenvalue weighted by molar-refractivity contribution is -0.116. The fraction of sp³-hybridized carbons (Fsp3) is 0.273. The van der Waals surface area contributed by atoms with Gasteiger partial charge in [-0.2, -0.15) is 0 Å². The quantitative estimate of drug-likeness (QED) is 0.763. The Balaban J connectivity index is 1.61. The number of allylic oxidation sites excluding steroid dienone is 1. The summed E-state index contributed by atoms with van der Waals surface area (Å²) in [4.78, 5) is 12.5. The molecule has 138 valence electrons. The molecule has 5 heteroatoms. The summed E-state index contributed by atoms with van der Waals surface area (Å²) in [5, 5.41) is 6.98. The first-order valence-corrected chi connectivity index (χ1v) is 9.61. The third kappa shape index (κ3) is 3.60. The molecular weight excluding hydrogens is 356 g/mol. The van der Waals surface area contributed by atoms with E-state index in [1.54, 1.807) is 0 Å². The Hall–Kier alpha value is -2.66. The molecule has 0 bridgehead atoms. The summed E-state index contributed by atoms with van der Waals surface area (Å²) in [5.74, 6) is 1.82. The average Bonchev–Trinajstić information content (AvgIpc) is 2.65. The third-order valence-electron chi connectivity index (χ3n) is 5.07. The van der Waals surface area contributed by atoms with Crippen LogP contribution in [0.15, 0.2) is 53.7 Å². The van der Waals surface area contributed by atoms with E-state index < -0.39 is 0 Å². The molecule has 2 N–H and O–H groups in total. The lowest BCUT2D eigenvalue weighted by Crippen LogP contribution is -2.46. The second-order valence-electron chi connectivity index (χ2n) is 7.14. The highest BCUT2D eigenvalue weighted by atomic mass is 32.1. The van der Waals surface area contributed by atoms with E-state index in [1.807, 2.05) is 44.2 Å². The van der Waals surface area contributed by atoms with Gasteiger partial charge < -0.3 is 15.4 Å². The zero-order valence-electron chi connectivity index (χ0n) is 15.5. The van der Waals surface area contributed by atoms with Crippen LogP contribution in [0.25, 0.3) is 0 Å². The van der Waals surface area contributed by atoms with Crippen LogP contribution in [0, 0.1) is 13.8 Å². The smallest absolute Gasteiger partial charge is 0.171 e. The molecule has 0 saturated heterocycles. The molecule has 1 atom stereocenters. The third-order valence-corrected chi connectivity index (χ3v) is 5.29. The van der Waals surface area contributed by atoms with Crippen molar-refractivity contribution in [1.29, 1.82) is 0 Å². The van der Waals surface area contributed by atoms with Crippen molar-refractivity contribution in [3.63, 3.8) is 0 Å². The normalized spacial score (nSPS) is 19.3. The molecule has 4 nitrogen and oxygen atoms in total. The summed E-state index contributed by atoms with van der Waals surface area (Å²) in [6.07, 6.45) is 2.34. The molecule has 0 amide bonds. The van der Waals surface area contributed by atoms with Crippen LogP contribution < -0.4 is 15.4 Å². The molecule has 1 aliphatic heterocycles. The van der Waals surface area contributed by atoms with Crippen LogP contribution in [0.5, 0.6) is 11.5 Å². The number of ketones is 1. The molecule has 0 spiro atoms. The maximum absolute atomic E-state index is 12.5. The van der Waals surface area contributed by atoms with Gasteiger partial charge in [-0.05, 0) is 73.8 Å². The minimum absolute atomic E-state index is 0.194. The van der Waals surface area contributed by atoms with Crippen LogP contribution in [0.1, 0.15) is 42.0 Å². The van der Waals surface area contributed by atoms with Gasteiger partial charge in [0.15, 0.2) is 10.9 Å². The first-order chi connectivity index (χ1) is 13.0. The zero-order chi connectivity index (χ0) is 19.0. The van der Waals surface area contributed by atoms with Crippen molar-refractivity contribution in [2.45, 2.75) is 39.2 Å². The monoisotopic (exact) mass is 378 g/mol. The van der Waals surface area contributed by atoms with E-state index in [1.165, 1.54) is 0 Å². The lowest BCUT2D eigenvalue weighted by atomic mass is 9.85. The summed E-state index contributed by atoms with van der Waals surface area (Å²) in [7, 11) is 0. The number of thiocarbonyl (C=S) groups is 1. The minimum Gasteiger partial charge on any atom is -0.457 e. The molecule has 0 saturated carbocycles. The average molecular weight is 378 g/mol. The molecule has 0 fully saturated rings. The lowest BCUT2D eigenvalue weighted by Gasteiger charge is -2.33. The molecule has 0 radical (unpaired) electrons. The van der Waals surface area contributed by atoms with Crippen molar-refractivity contribution in [3.05, 3.63) is 70.4 Å². The van der Waals surface area contributed by atoms with Gasteiger partial charge in [-0.15, -0.1) is 0 Å². The van der Waals surface area contributed by atoms with E-state index >= 15 is 0 Å². The first-order valence-electron chi connectivity index (χ1n) is 9.20. The van der Waals surface area contributed by atoms with Crippen LogP contribution in [-0.2, 0) is 4.79 Å². The number of carbonyl (C=O) groups excluding carboxylic acids is 1. The van der Waals surface area contributed by atoms with Crippen molar-refractivity contribution in [1.82, 2.24) is 10.6 Å². The summed E-state index contributed by atoms with van der Waals surface area (Å²) >= 11 is 5.34. The molecule has 2 aromatic carbocycles. The van der Waals surface area contributed by atoms with Crippen LogP contribution >= 0.6 is 12.2 Å². The molecule has 4 rings (SSSR count). The van der Waals surface area contributed by atoms with Gasteiger partial charge in [-0.25, -0.2) is 0 Å². The molecule has 2 aliphatic rings. The number of hydrogen-bond donors (Lipinski definition) is 2. The first kappa shape index (κ1) is 17.7. The topological polar surface area (TPSA) is 50.4 Å². The van der Waals surface area contributed by atoms with Gasteiger partial charge in [0, 0.05) is 17.7 Å². The Bertz CT molecular complexity index is 947. The Kier molecular flexibility index (Phi) is 4.70. The standard InChI is InChI=1S/C22H22N2O2S/c1-13-6-7-14(2)19(12-13)26-16-10-8-15(9-11-16)21-20-17(23-22(27)24-21)4-3-5-18(20)25/h6-12,21H,3-5H2,1-2H3,(H2,23,24,27). The molecule has 1 heterocycles. The van der Waals surface area contributed by atoms with Crippen LogP contribution in [0.2, 0.25) is 0 Å². The highest BCUT2D eigenvalue weighted by Gasteiger charge is 2.33. The molecule has 0 aromatic heterocycles. The minimum atomic E-state index is -0.198. The Morgan fingerprint density at radius 3 is 2.63 bits per heavy atom. The Labute approximate surface area is 164 Å². The van der Waals surface area contributed by atoms with E-state index in [-0.39, 0.29) is 11.8 Å². The van der Waals surface area contributed by atoms with Crippen molar-refractivity contribution >= 4 is 23.1 Å². The largest absolute Gasteiger partial charge is 0.457 e. The highest BCUT2D eigenvalue weighted by Crippen LogP contribution is 2.34. The molecular formula is C22H22N2O2S. The van der Waals surface area contributed by atoms with Gasteiger partial charge in [0.05, 0.1) is 6.04 Å². The number of Topliss-reactive ketones (excluding diaryl/α,β-unsaturated/α-hetero) is 1. The van der Waals surface area contributed by atoms with Gasteiger partial charge in [0.1, 0.15) is 11.5 Å². The van der Waals surface area contributed by atoms with Gasteiger partial charge in [-0.3, -0.25) is 4.79 Å². The van der Waals surface area contributed by atoms with Crippen molar-refractivity contribution in [2.24, 2.45) is 0 Å². The number of carbonyl (C=O) groups is 1. The van der Waals surface area contributed by atoms with E-state index in [4.69, 9.17) is 17.0 Å². The van der Waals surface area contributed by atoms with Gasteiger partial charge in [0.25, 0.3) is 0 Å². The number of ether oxygens (including phenoxy) is 1. The highest BCUT2D eigenvalue weighted by molar-refractivity contribution is 7.80. The summed E-state index contributed by atoms with van der Waals surface area (Å²) in [5.41, 5.74) is 5.05. The molecule has 1 aliphatic carbocycles. The van der Waals surface area contributed by atoms with Crippen LogP contribution in [-0.4, -0.2) is 10.9 Å². The number of aryl methyl sites for hydroxylation is 2.